The molecule has 0 aliphatic heterocycles. The third-order valence-corrected chi connectivity index (χ3v) is 1.84. The zero-order chi connectivity index (χ0) is 9.42. The molecular weight excluding hydrogens is 166 g/mol. The van der Waals surface area contributed by atoms with Crippen molar-refractivity contribution in [3.8, 4) is 0 Å². The summed E-state index contributed by atoms with van der Waals surface area (Å²) in [5.41, 5.74) is 7.38. The van der Waals surface area contributed by atoms with E-state index in [1.54, 1.807) is 10.7 Å². The average Bonchev–Trinajstić information content (AvgIpc) is 2.39. The number of nitrogens with two attached hydrogens (primary N) is 1. The van der Waals surface area contributed by atoms with Gasteiger partial charge < -0.3 is 10.6 Å². The van der Waals surface area contributed by atoms with E-state index in [1.807, 2.05) is 31.3 Å². The van der Waals surface area contributed by atoms with Crippen molar-refractivity contribution < 1.29 is 0 Å². The summed E-state index contributed by atoms with van der Waals surface area (Å²) in [4.78, 5) is 6.11. The summed E-state index contributed by atoms with van der Waals surface area (Å²) in [5.74, 6) is 0.503. The van der Waals surface area contributed by atoms with Crippen molar-refractivity contribution in [3.05, 3.63) is 18.5 Å². The molecule has 0 aliphatic rings. The maximum absolute atomic E-state index is 5.74. The van der Waals surface area contributed by atoms with Crippen LogP contribution in [0.25, 0.3) is 5.65 Å². The maximum atomic E-state index is 5.74. The van der Waals surface area contributed by atoms with Crippen LogP contribution < -0.4 is 10.6 Å². The first-order chi connectivity index (χ1) is 6.20. The first-order valence-electron chi connectivity index (χ1n) is 3.96. The fourth-order valence-electron chi connectivity index (χ4n) is 1.32. The van der Waals surface area contributed by atoms with Gasteiger partial charge in [0.15, 0.2) is 11.5 Å². The Morgan fingerprint density at radius 1 is 1.46 bits per heavy atom. The highest BCUT2D eigenvalue weighted by molar-refractivity contribution is 5.79. The summed E-state index contributed by atoms with van der Waals surface area (Å²) < 4.78 is 1.67. The Balaban J connectivity index is 2.78. The van der Waals surface area contributed by atoms with Crippen molar-refractivity contribution in [2.75, 3.05) is 24.7 Å². The fraction of sp³-hybridized carbons (Fsp3) is 0.250. The smallest absolute Gasteiger partial charge is 0.180 e. The van der Waals surface area contributed by atoms with Crippen molar-refractivity contribution in [3.63, 3.8) is 0 Å². The van der Waals surface area contributed by atoms with Gasteiger partial charge in [-0.2, -0.15) is 0 Å². The molecule has 0 saturated carbocycles. The van der Waals surface area contributed by atoms with E-state index in [2.05, 4.69) is 10.1 Å². The summed E-state index contributed by atoms with van der Waals surface area (Å²) in [6, 6.07) is 1.82. The highest BCUT2D eigenvalue weighted by Gasteiger charge is 2.11. The van der Waals surface area contributed by atoms with Gasteiger partial charge in [0.05, 0.1) is 0 Å². The van der Waals surface area contributed by atoms with Gasteiger partial charge in [-0.25, -0.2) is 9.50 Å². The molecule has 0 amide bonds. The van der Waals surface area contributed by atoms with Gasteiger partial charge in [-0.15, -0.1) is 5.10 Å². The number of nitrogens with zero attached hydrogens (tertiary/aromatic N) is 4. The molecule has 2 N–H and O–H groups in total. The molecule has 5 heteroatoms. The Morgan fingerprint density at radius 3 is 2.92 bits per heavy atom. The minimum atomic E-state index is 0.503. The Labute approximate surface area is 75.8 Å². The van der Waals surface area contributed by atoms with E-state index >= 15 is 0 Å². The number of aromatic nitrogens is 3. The van der Waals surface area contributed by atoms with E-state index in [0.29, 0.717) is 5.82 Å². The number of hydrogen-bond acceptors (Lipinski definition) is 4. The quantitative estimate of drug-likeness (QED) is 0.684. The van der Waals surface area contributed by atoms with Gasteiger partial charge in [0, 0.05) is 26.5 Å². The van der Waals surface area contributed by atoms with Gasteiger partial charge in [0.25, 0.3) is 0 Å². The molecule has 0 saturated heterocycles. The van der Waals surface area contributed by atoms with Crippen molar-refractivity contribution in [2.45, 2.75) is 0 Å². The summed E-state index contributed by atoms with van der Waals surface area (Å²) >= 11 is 0. The normalized spacial score (nSPS) is 10.6. The topological polar surface area (TPSA) is 59.5 Å². The second kappa shape index (κ2) is 2.62. The first kappa shape index (κ1) is 7.85. The van der Waals surface area contributed by atoms with Crippen molar-refractivity contribution in [2.24, 2.45) is 0 Å². The average molecular weight is 177 g/mol. The van der Waals surface area contributed by atoms with Crippen LogP contribution in [0.2, 0.25) is 0 Å². The van der Waals surface area contributed by atoms with E-state index in [1.165, 1.54) is 0 Å². The van der Waals surface area contributed by atoms with Crippen LogP contribution in [0, 0.1) is 0 Å². The Kier molecular flexibility index (Phi) is 1.58. The van der Waals surface area contributed by atoms with Crippen molar-refractivity contribution in [1.82, 2.24) is 14.6 Å². The molecule has 2 aromatic rings. The van der Waals surface area contributed by atoms with Crippen LogP contribution in [-0.4, -0.2) is 28.7 Å². The first-order valence-corrected chi connectivity index (χ1v) is 3.96. The van der Waals surface area contributed by atoms with Crippen LogP contribution in [0.4, 0.5) is 11.5 Å². The molecule has 2 rings (SSSR count). The molecule has 68 valence electrons. The number of nitrogen functional groups attached to an aromatic ring is 1. The van der Waals surface area contributed by atoms with Crippen molar-refractivity contribution >= 4 is 17.2 Å². The van der Waals surface area contributed by atoms with E-state index in [4.69, 9.17) is 5.73 Å². The number of fused-ring (bicyclic) bond motifs is 1. The minimum Gasteiger partial charge on any atom is -0.380 e. The summed E-state index contributed by atoms with van der Waals surface area (Å²) in [7, 11) is 3.84. The van der Waals surface area contributed by atoms with Gasteiger partial charge in [-0.1, -0.05) is 0 Å². The SMILES string of the molecule is CN(C)c1c(N)nn2cccnc12. The highest BCUT2D eigenvalue weighted by atomic mass is 15.3. The molecule has 0 fully saturated rings. The standard InChI is InChI=1S/C8H11N5/c1-12(2)6-7(9)11-13-5-3-4-10-8(6)13/h3-5H,1-2H3,(H2,9,11). The molecule has 0 radical (unpaired) electrons. The van der Waals surface area contributed by atoms with E-state index < -0.39 is 0 Å². The summed E-state index contributed by atoms with van der Waals surface area (Å²) in [5, 5.41) is 4.12. The maximum Gasteiger partial charge on any atom is 0.180 e. The predicted octanol–water partition coefficient (Wildman–Crippen LogP) is 0.377. The summed E-state index contributed by atoms with van der Waals surface area (Å²) in [6.45, 7) is 0. The lowest BCUT2D eigenvalue weighted by Crippen LogP contribution is -2.10. The third-order valence-electron chi connectivity index (χ3n) is 1.84. The molecule has 13 heavy (non-hydrogen) atoms. The Morgan fingerprint density at radius 2 is 2.23 bits per heavy atom. The molecule has 0 unspecified atom stereocenters. The van der Waals surface area contributed by atoms with Crippen LogP contribution in [-0.2, 0) is 0 Å². The largest absolute Gasteiger partial charge is 0.380 e. The molecular formula is C8H11N5. The van der Waals surface area contributed by atoms with Crippen LogP contribution in [0.3, 0.4) is 0 Å². The monoisotopic (exact) mass is 177 g/mol. The second-order valence-corrected chi connectivity index (χ2v) is 3.02. The Bertz CT molecular complexity index is 431. The molecule has 2 heterocycles. The number of anilines is 2. The molecule has 0 spiro atoms. The molecule has 0 bridgehead atoms. The van der Waals surface area contributed by atoms with E-state index in [0.717, 1.165) is 11.3 Å². The van der Waals surface area contributed by atoms with Gasteiger partial charge >= 0.3 is 0 Å². The zero-order valence-corrected chi connectivity index (χ0v) is 7.60. The lowest BCUT2D eigenvalue weighted by molar-refractivity contribution is 0.945. The van der Waals surface area contributed by atoms with Gasteiger partial charge in [0.2, 0.25) is 0 Å². The van der Waals surface area contributed by atoms with Gasteiger partial charge in [0.1, 0.15) is 5.69 Å². The molecule has 0 atom stereocenters. The van der Waals surface area contributed by atoms with Crippen LogP contribution >= 0.6 is 0 Å². The minimum absolute atomic E-state index is 0.503. The fourth-order valence-corrected chi connectivity index (χ4v) is 1.32. The predicted molar refractivity (Wildman–Crippen MR) is 51.7 cm³/mol. The van der Waals surface area contributed by atoms with Crippen LogP contribution in [0.15, 0.2) is 18.5 Å². The van der Waals surface area contributed by atoms with E-state index in [9.17, 15) is 0 Å². The number of hydrogen-bond donors (Lipinski definition) is 1. The lowest BCUT2D eigenvalue weighted by Gasteiger charge is -2.09. The lowest BCUT2D eigenvalue weighted by atomic mass is 10.4. The van der Waals surface area contributed by atoms with Gasteiger partial charge in [-0.05, 0) is 6.07 Å². The Hall–Kier alpha value is -1.78. The van der Waals surface area contributed by atoms with Crippen LogP contribution in [0.1, 0.15) is 0 Å². The second-order valence-electron chi connectivity index (χ2n) is 3.02. The third kappa shape index (κ3) is 1.09. The molecule has 0 aromatic carbocycles. The van der Waals surface area contributed by atoms with Crippen molar-refractivity contribution in [1.29, 1.82) is 0 Å². The van der Waals surface area contributed by atoms with E-state index in [-0.39, 0.29) is 0 Å². The highest BCUT2D eigenvalue weighted by Crippen LogP contribution is 2.23. The molecule has 5 nitrogen and oxygen atoms in total. The molecule has 2 aromatic heterocycles. The molecule has 0 aliphatic carbocycles. The zero-order valence-electron chi connectivity index (χ0n) is 7.60. The van der Waals surface area contributed by atoms with Gasteiger partial charge in [-0.3, -0.25) is 0 Å². The summed E-state index contributed by atoms with van der Waals surface area (Å²) in [6.07, 6.45) is 3.55. The van der Waals surface area contributed by atoms with Crippen LogP contribution in [0.5, 0.6) is 0 Å². The number of rotatable bonds is 1.